The van der Waals surface area contributed by atoms with Gasteiger partial charge in [-0.1, -0.05) is 13.8 Å². The number of hydrogen-bond donors (Lipinski definition) is 2. The number of ether oxygens (including phenoxy) is 1. The van der Waals surface area contributed by atoms with E-state index < -0.39 is 42.6 Å². The van der Waals surface area contributed by atoms with Gasteiger partial charge in [-0.2, -0.15) is 5.10 Å². The molecule has 1 heterocycles. The maximum Gasteiger partial charge on any atom is 0.310 e. The molecule has 2 amide bonds. The summed E-state index contributed by atoms with van der Waals surface area (Å²) in [5.41, 5.74) is 2.42. The molecule has 2 rings (SSSR count). The summed E-state index contributed by atoms with van der Waals surface area (Å²) in [5, 5.41) is 9.03. The van der Waals surface area contributed by atoms with E-state index in [0.29, 0.717) is 5.92 Å². The summed E-state index contributed by atoms with van der Waals surface area (Å²) in [7, 11) is 0. The topological polar surface area (TPSA) is 102 Å². The lowest BCUT2D eigenvalue weighted by atomic mass is 10.1. The van der Waals surface area contributed by atoms with Crippen LogP contribution in [0.5, 0.6) is 0 Å². The first-order chi connectivity index (χ1) is 14.6. The number of benzene rings is 1. The number of halogens is 2. The number of aromatic nitrogens is 2. The average molecular weight is 436 g/mol. The van der Waals surface area contributed by atoms with Crippen LogP contribution in [0.3, 0.4) is 0 Å². The first-order valence-electron chi connectivity index (χ1n) is 9.77. The molecule has 1 aromatic heterocycles. The van der Waals surface area contributed by atoms with Gasteiger partial charge in [-0.15, -0.1) is 0 Å². The molecule has 0 aliphatic rings. The number of aryl methyl sites for hydroxylation is 1. The Balaban J connectivity index is 1.77. The fourth-order valence-corrected chi connectivity index (χ4v) is 2.86. The summed E-state index contributed by atoms with van der Waals surface area (Å²) in [6.45, 7) is 7.60. The van der Waals surface area contributed by atoms with E-state index in [2.05, 4.69) is 29.6 Å². The predicted molar refractivity (Wildman–Crippen MR) is 109 cm³/mol. The van der Waals surface area contributed by atoms with E-state index in [-0.39, 0.29) is 12.1 Å². The number of esters is 1. The first-order valence-corrected chi connectivity index (χ1v) is 9.77. The fraction of sp³-hybridized carbons (Fsp3) is 0.429. The Morgan fingerprint density at radius 3 is 2.48 bits per heavy atom. The molecule has 0 saturated heterocycles. The van der Waals surface area contributed by atoms with Crippen LogP contribution in [0.4, 0.5) is 14.5 Å². The fourth-order valence-electron chi connectivity index (χ4n) is 2.86. The molecule has 2 aromatic rings. The van der Waals surface area contributed by atoms with Crippen molar-refractivity contribution in [2.45, 2.75) is 40.7 Å². The minimum absolute atomic E-state index is 0.0142. The van der Waals surface area contributed by atoms with Gasteiger partial charge in [-0.05, 0) is 31.9 Å². The number of carbonyl (C=O) groups excluding carboxylic acids is 3. The third-order valence-electron chi connectivity index (χ3n) is 4.40. The summed E-state index contributed by atoms with van der Waals surface area (Å²) in [6, 6.07) is 2.89. The van der Waals surface area contributed by atoms with Gasteiger partial charge >= 0.3 is 5.97 Å². The van der Waals surface area contributed by atoms with Gasteiger partial charge in [0.05, 0.1) is 18.7 Å². The number of anilines is 1. The number of nitrogens with zero attached hydrogens (tertiary/aromatic N) is 2. The quantitative estimate of drug-likeness (QED) is 0.587. The van der Waals surface area contributed by atoms with Crippen molar-refractivity contribution in [1.29, 1.82) is 0 Å². The van der Waals surface area contributed by atoms with Crippen LogP contribution in [0.15, 0.2) is 18.2 Å². The van der Waals surface area contributed by atoms with Gasteiger partial charge in [0.25, 0.3) is 5.91 Å². The Kier molecular flexibility index (Phi) is 8.23. The van der Waals surface area contributed by atoms with Crippen molar-refractivity contribution in [3.8, 4) is 0 Å². The van der Waals surface area contributed by atoms with Gasteiger partial charge in [0, 0.05) is 29.6 Å². The molecule has 0 bridgehead atoms. The zero-order valence-electron chi connectivity index (χ0n) is 17.9. The van der Waals surface area contributed by atoms with Crippen LogP contribution < -0.4 is 10.6 Å². The summed E-state index contributed by atoms with van der Waals surface area (Å²) in [5.74, 6) is -3.63. The molecule has 31 heavy (non-hydrogen) atoms. The van der Waals surface area contributed by atoms with Gasteiger partial charge in [0.1, 0.15) is 0 Å². The lowest BCUT2D eigenvalue weighted by Gasteiger charge is -2.09. The number of nitrogens with one attached hydrogen (secondary N) is 2. The van der Waals surface area contributed by atoms with Crippen molar-refractivity contribution in [1.82, 2.24) is 15.1 Å². The van der Waals surface area contributed by atoms with Crippen LogP contribution in [0, 0.1) is 31.4 Å². The SMILES string of the molecule is Cc1nn(CC(C)C)c(C)c1CC(=O)OCC(=O)NCC(=O)Nc1ccc(F)c(F)c1. The molecule has 0 fully saturated rings. The molecule has 168 valence electrons. The lowest BCUT2D eigenvalue weighted by Crippen LogP contribution is -2.35. The smallest absolute Gasteiger partial charge is 0.310 e. The number of amides is 2. The van der Waals surface area contributed by atoms with Crippen LogP contribution >= 0.6 is 0 Å². The van der Waals surface area contributed by atoms with Gasteiger partial charge in [0.15, 0.2) is 18.2 Å². The van der Waals surface area contributed by atoms with Crippen molar-refractivity contribution in [3.05, 3.63) is 46.8 Å². The van der Waals surface area contributed by atoms with Crippen LogP contribution in [-0.4, -0.2) is 40.7 Å². The average Bonchev–Trinajstić information content (AvgIpc) is 2.94. The summed E-state index contributed by atoms with van der Waals surface area (Å²) in [6.07, 6.45) is -0.0142. The highest BCUT2D eigenvalue weighted by Gasteiger charge is 2.17. The molecule has 8 nitrogen and oxygen atoms in total. The zero-order valence-corrected chi connectivity index (χ0v) is 17.9. The normalized spacial score (nSPS) is 10.8. The van der Waals surface area contributed by atoms with E-state index in [0.717, 1.165) is 35.6 Å². The Hall–Kier alpha value is -3.30. The maximum atomic E-state index is 13.1. The molecule has 0 aliphatic heterocycles. The molecule has 0 radical (unpaired) electrons. The highest BCUT2D eigenvalue weighted by atomic mass is 19.2. The maximum absolute atomic E-state index is 13.1. The van der Waals surface area contributed by atoms with Gasteiger partial charge in [0.2, 0.25) is 5.91 Å². The molecule has 0 aliphatic carbocycles. The van der Waals surface area contributed by atoms with Gasteiger partial charge in [-0.3, -0.25) is 19.1 Å². The molecule has 0 saturated carbocycles. The summed E-state index contributed by atoms with van der Waals surface area (Å²) >= 11 is 0. The van der Waals surface area contributed by atoms with Crippen molar-refractivity contribution in [3.63, 3.8) is 0 Å². The van der Waals surface area contributed by atoms with E-state index in [4.69, 9.17) is 4.74 Å². The number of hydrogen-bond acceptors (Lipinski definition) is 5. The minimum Gasteiger partial charge on any atom is -0.455 e. The Bertz CT molecular complexity index is 973. The standard InChI is InChI=1S/C21H26F2N4O4/c1-12(2)10-27-14(4)16(13(3)26-27)8-21(30)31-11-20(29)24-9-19(28)25-15-5-6-17(22)18(23)7-15/h5-7,12H,8-11H2,1-4H3,(H,24,29)(H,25,28). The van der Waals surface area contributed by atoms with Crippen LogP contribution in [0.2, 0.25) is 0 Å². The summed E-state index contributed by atoms with van der Waals surface area (Å²) < 4.78 is 32.8. The molecule has 0 atom stereocenters. The second-order valence-electron chi connectivity index (χ2n) is 7.52. The Morgan fingerprint density at radius 1 is 1.13 bits per heavy atom. The van der Waals surface area contributed by atoms with Crippen molar-refractivity contribution < 1.29 is 27.9 Å². The molecule has 0 unspecified atom stereocenters. The largest absolute Gasteiger partial charge is 0.455 e. The molecule has 0 spiro atoms. The third-order valence-corrected chi connectivity index (χ3v) is 4.40. The molecule has 2 N–H and O–H groups in total. The lowest BCUT2D eigenvalue weighted by molar-refractivity contribution is -0.147. The minimum atomic E-state index is -1.10. The van der Waals surface area contributed by atoms with Gasteiger partial charge in [-0.25, -0.2) is 8.78 Å². The Morgan fingerprint density at radius 2 is 1.84 bits per heavy atom. The second kappa shape index (κ2) is 10.6. The highest BCUT2D eigenvalue weighted by molar-refractivity contribution is 5.94. The van der Waals surface area contributed by atoms with Crippen molar-refractivity contribution in [2.75, 3.05) is 18.5 Å². The van der Waals surface area contributed by atoms with Gasteiger partial charge < -0.3 is 15.4 Å². The molecular formula is C21H26F2N4O4. The Labute approximate surface area is 179 Å². The van der Waals surface area contributed by atoms with E-state index in [1.54, 1.807) is 0 Å². The van der Waals surface area contributed by atoms with Crippen LogP contribution in [-0.2, 0) is 32.1 Å². The van der Waals surface area contributed by atoms with E-state index in [1.165, 1.54) is 6.07 Å². The zero-order chi connectivity index (χ0) is 23.1. The third kappa shape index (κ3) is 7.16. The first kappa shape index (κ1) is 24.0. The molecule has 10 heteroatoms. The predicted octanol–water partition coefficient (Wildman–Crippen LogP) is 2.27. The van der Waals surface area contributed by atoms with E-state index in [9.17, 15) is 23.2 Å². The van der Waals surface area contributed by atoms with Crippen molar-refractivity contribution >= 4 is 23.5 Å². The van der Waals surface area contributed by atoms with Crippen LogP contribution in [0.1, 0.15) is 30.8 Å². The van der Waals surface area contributed by atoms with Crippen molar-refractivity contribution in [2.24, 2.45) is 5.92 Å². The van der Waals surface area contributed by atoms with E-state index in [1.807, 2.05) is 18.5 Å². The van der Waals surface area contributed by atoms with Crippen LogP contribution in [0.25, 0.3) is 0 Å². The monoisotopic (exact) mass is 436 g/mol. The summed E-state index contributed by atoms with van der Waals surface area (Å²) in [4.78, 5) is 35.7. The van der Waals surface area contributed by atoms with E-state index >= 15 is 0 Å². The highest BCUT2D eigenvalue weighted by Crippen LogP contribution is 2.16. The number of carbonyl (C=O) groups is 3. The number of rotatable bonds is 9. The molecular weight excluding hydrogens is 410 g/mol. The molecule has 1 aromatic carbocycles. The second-order valence-corrected chi connectivity index (χ2v) is 7.52.